The number of hydrogen-bond donors (Lipinski definition) is 2. The summed E-state index contributed by atoms with van der Waals surface area (Å²) >= 11 is 0. The largest absolute Gasteiger partial charge is 0.291 e. The minimum atomic E-state index is 0.903. The van der Waals surface area contributed by atoms with Crippen LogP contribution in [0.15, 0.2) is 23.4 Å². The zero-order valence-corrected chi connectivity index (χ0v) is 5.52. The average Bonchev–Trinajstić information content (AvgIpc) is 1.90. The first-order valence-electron chi connectivity index (χ1n) is 3.09. The van der Waals surface area contributed by atoms with Gasteiger partial charge in [-0.1, -0.05) is 11.6 Å². The Morgan fingerprint density at radius 3 is 2.67 bits per heavy atom. The van der Waals surface area contributed by atoms with Gasteiger partial charge in [0.1, 0.15) is 0 Å². The van der Waals surface area contributed by atoms with Crippen molar-refractivity contribution in [2.24, 2.45) is 0 Å². The summed E-state index contributed by atoms with van der Waals surface area (Å²) in [5.41, 5.74) is 4.41. The molecule has 1 aliphatic carbocycles. The van der Waals surface area contributed by atoms with Crippen molar-refractivity contribution >= 4 is 0 Å². The summed E-state index contributed by atoms with van der Waals surface area (Å²) in [6.07, 6.45) is 5.90. The third-order valence-electron chi connectivity index (χ3n) is 1.50. The molecule has 0 aromatic carbocycles. The summed E-state index contributed by atoms with van der Waals surface area (Å²) in [5.74, 6) is 0. The van der Waals surface area contributed by atoms with Crippen molar-refractivity contribution in [1.82, 2.24) is 5.48 Å². The number of allylic oxidation sites excluding steroid dienone is 4. The lowest BCUT2D eigenvalue weighted by Gasteiger charge is -2.09. The highest BCUT2D eigenvalue weighted by Gasteiger charge is 1.99. The normalized spacial score (nSPS) is 18.4. The van der Waals surface area contributed by atoms with Crippen molar-refractivity contribution in [2.45, 2.75) is 19.8 Å². The summed E-state index contributed by atoms with van der Waals surface area (Å²) in [4.78, 5) is 0. The predicted octanol–water partition coefficient (Wildman–Crippen LogP) is 1.59. The van der Waals surface area contributed by atoms with Crippen LogP contribution < -0.4 is 5.48 Å². The maximum Gasteiger partial charge on any atom is 0.0379 e. The molecule has 0 unspecified atom stereocenters. The number of rotatable bonds is 1. The standard InChI is InChI=1S/C7H11NO/c1-6-2-4-7(8-9)5-3-6/h2,4,8-9H,3,5H2,1H3. The van der Waals surface area contributed by atoms with E-state index >= 15 is 0 Å². The lowest BCUT2D eigenvalue weighted by molar-refractivity contribution is 0.195. The van der Waals surface area contributed by atoms with Gasteiger partial charge in [-0.2, -0.15) is 0 Å². The fraction of sp³-hybridized carbons (Fsp3) is 0.429. The molecule has 9 heavy (non-hydrogen) atoms. The summed E-state index contributed by atoms with van der Waals surface area (Å²) < 4.78 is 0. The molecule has 0 aromatic heterocycles. The fourth-order valence-electron chi connectivity index (χ4n) is 0.835. The molecule has 0 radical (unpaired) electrons. The van der Waals surface area contributed by atoms with Crippen molar-refractivity contribution in [2.75, 3.05) is 0 Å². The van der Waals surface area contributed by atoms with Crippen molar-refractivity contribution in [3.8, 4) is 0 Å². The van der Waals surface area contributed by atoms with Gasteiger partial charge in [0, 0.05) is 5.70 Å². The molecule has 0 bridgehead atoms. The van der Waals surface area contributed by atoms with Crippen LogP contribution in [0.2, 0.25) is 0 Å². The molecule has 0 saturated carbocycles. The lowest BCUT2D eigenvalue weighted by atomic mass is 10.1. The SMILES string of the molecule is CC1=CC=C(NO)CC1. The number of nitrogens with one attached hydrogen (secondary N) is 1. The molecule has 2 heteroatoms. The summed E-state index contributed by atoms with van der Waals surface area (Å²) in [6.45, 7) is 2.09. The number of hydrogen-bond acceptors (Lipinski definition) is 2. The van der Waals surface area contributed by atoms with Crippen LogP contribution in [0.5, 0.6) is 0 Å². The van der Waals surface area contributed by atoms with Crippen molar-refractivity contribution in [3.05, 3.63) is 23.4 Å². The van der Waals surface area contributed by atoms with Gasteiger partial charge in [0.2, 0.25) is 0 Å². The van der Waals surface area contributed by atoms with Crippen molar-refractivity contribution in [3.63, 3.8) is 0 Å². The topological polar surface area (TPSA) is 32.3 Å². The average molecular weight is 125 g/mol. The fourth-order valence-corrected chi connectivity index (χ4v) is 0.835. The first kappa shape index (κ1) is 6.36. The van der Waals surface area contributed by atoms with Gasteiger partial charge < -0.3 is 0 Å². The molecular weight excluding hydrogens is 114 g/mol. The van der Waals surface area contributed by atoms with Crippen LogP contribution in [0.3, 0.4) is 0 Å². The van der Waals surface area contributed by atoms with Crippen molar-refractivity contribution in [1.29, 1.82) is 0 Å². The molecule has 0 saturated heterocycles. The Balaban J connectivity index is 2.59. The lowest BCUT2D eigenvalue weighted by Crippen LogP contribution is -2.08. The molecule has 1 rings (SSSR count). The molecule has 50 valence electrons. The molecule has 0 atom stereocenters. The Hall–Kier alpha value is -0.760. The van der Waals surface area contributed by atoms with E-state index in [4.69, 9.17) is 5.21 Å². The Bertz CT molecular complexity index is 158. The predicted molar refractivity (Wildman–Crippen MR) is 36.0 cm³/mol. The Morgan fingerprint density at radius 2 is 2.22 bits per heavy atom. The van der Waals surface area contributed by atoms with Crippen LogP contribution in [-0.4, -0.2) is 5.21 Å². The van der Waals surface area contributed by atoms with Gasteiger partial charge in [-0.25, -0.2) is 0 Å². The second kappa shape index (κ2) is 2.69. The second-order valence-electron chi connectivity index (χ2n) is 2.32. The van der Waals surface area contributed by atoms with E-state index in [-0.39, 0.29) is 0 Å². The van der Waals surface area contributed by atoms with Crippen LogP contribution in [-0.2, 0) is 0 Å². The summed E-state index contributed by atoms with van der Waals surface area (Å²) in [6, 6.07) is 0. The van der Waals surface area contributed by atoms with Crippen molar-refractivity contribution < 1.29 is 5.21 Å². The molecule has 0 spiro atoms. The maximum absolute atomic E-state index is 8.43. The van der Waals surface area contributed by atoms with E-state index in [2.05, 4.69) is 12.4 Å². The molecule has 2 nitrogen and oxygen atoms in total. The van der Waals surface area contributed by atoms with E-state index in [1.165, 1.54) is 5.57 Å². The third kappa shape index (κ3) is 1.57. The van der Waals surface area contributed by atoms with Gasteiger partial charge in [0.15, 0.2) is 0 Å². The van der Waals surface area contributed by atoms with Gasteiger partial charge in [-0.05, 0) is 25.8 Å². The highest BCUT2D eigenvalue weighted by atomic mass is 16.5. The third-order valence-corrected chi connectivity index (χ3v) is 1.50. The number of hydroxylamine groups is 1. The van der Waals surface area contributed by atoms with Gasteiger partial charge in [0.25, 0.3) is 0 Å². The van der Waals surface area contributed by atoms with Gasteiger partial charge in [-0.3, -0.25) is 10.7 Å². The quantitative estimate of drug-likeness (QED) is 0.521. The Labute approximate surface area is 54.8 Å². The smallest absolute Gasteiger partial charge is 0.0379 e. The molecule has 0 aliphatic heterocycles. The van der Waals surface area contributed by atoms with Crippen LogP contribution in [0, 0.1) is 0 Å². The van der Waals surface area contributed by atoms with E-state index in [1.807, 2.05) is 12.2 Å². The van der Waals surface area contributed by atoms with E-state index in [0.717, 1.165) is 18.5 Å². The molecule has 0 fully saturated rings. The van der Waals surface area contributed by atoms with E-state index in [0.29, 0.717) is 0 Å². The molecule has 1 aliphatic rings. The maximum atomic E-state index is 8.43. The van der Waals surface area contributed by atoms with Crippen LogP contribution >= 0.6 is 0 Å². The van der Waals surface area contributed by atoms with Crippen LogP contribution in [0.1, 0.15) is 19.8 Å². The monoisotopic (exact) mass is 125 g/mol. The molecule has 2 N–H and O–H groups in total. The molecular formula is C7H11NO. The molecule has 0 heterocycles. The zero-order chi connectivity index (χ0) is 6.69. The van der Waals surface area contributed by atoms with Crippen LogP contribution in [0.25, 0.3) is 0 Å². The van der Waals surface area contributed by atoms with Gasteiger partial charge >= 0.3 is 0 Å². The first-order valence-corrected chi connectivity index (χ1v) is 3.09. The molecule has 0 amide bonds. The van der Waals surface area contributed by atoms with E-state index in [9.17, 15) is 0 Å². The van der Waals surface area contributed by atoms with E-state index < -0.39 is 0 Å². The Kier molecular flexibility index (Phi) is 1.90. The zero-order valence-electron chi connectivity index (χ0n) is 5.52. The second-order valence-corrected chi connectivity index (χ2v) is 2.32. The highest BCUT2D eigenvalue weighted by Crippen LogP contribution is 2.14. The molecule has 0 aromatic rings. The summed E-state index contributed by atoms with van der Waals surface area (Å²) in [5, 5.41) is 8.43. The minimum Gasteiger partial charge on any atom is -0.291 e. The Morgan fingerprint density at radius 1 is 1.44 bits per heavy atom. The van der Waals surface area contributed by atoms with Gasteiger partial charge in [-0.15, -0.1) is 0 Å². The summed E-state index contributed by atoms with van der Waals surface area (Å²) in [7, 11) is 0. The van der Waals surface area contributed by atoms with E-state index in [1.54, 1.807) is 0 Å². The minimum absolute atomic E-state index is 0.903. The highest BCUT2D eigenvalue weighted by molar-refractivity contribution is 5.20. The van der Waals surface area contributed by atoms with Gasteiger partial charge in [0.05, 0.1) is 0 Å². The van der Waals surface area contributed by atoms with Crippen LogP contribution in [0.4, 0.5) is 0 Å². The first-order chi connectivity index (χ1) is 4.33.